The number of hydrogen-bond acceptors (Lipinski definition) is 4. The van der Waals surface area contributed by atoms with Gasteiger partial charge >= 0.3 is 0 Å². The number of aromatic nitrogens is 1. The van der Waals surface area contributed by atoms with Crippen LogP contribution in [0.5, 0.6) is 5.75 Å². The number of para-hydroxylation sites is 2. The van der Waals surface area contributed by atoms with Gasteiger partial charge in [0.2, 0.25) is 0 Å². The Kier molecular flexibility index (Phi) is 4.70. The van der Waals surface area contributed by atoms with Crippen LogP contribution >= 0.6 is 0 Å². The molecule has 0 radical (unpaired) electrons. The van der Waals surface area contributed by atoms with E-state index in [9.17, 15) is 9.59 Å². The summed E-state index contributed by atoms with van der Waals surface area (Å²) in [5.74, 6) is 0.727. The first-order valence-electron chi connectivity index (χ1n) is 7.78. The lowest BCUT2D eigenvalue weighted by molar-refractivity contribution is 0.0945. The molecular formula is C19H18N2O4. The van der Waals surface area contributed by atoms with E-state index in [2.05, 4.69) is 5.32 Å². The Balaban J connectivity index is 1.97. The van der Waals surface area contributed by atoms with E-state index in [1.165, 1.54) is 17.9 Å². The Morgan fingerprint density at radius 2 is 2.00 bits per heavy atom. The number of rotatable bonds is 5. The molecule has 0 saturated carbocycles. The number of carbonyl (C=O) groups excluding carboxylic acids is 1. The largest absolute Gasteiger partial charge is 0.495 e. The average Bonchev–Trinajstić information content (AvgIpc) is 3.14. The minimum atomic E-state index is -0.442. The number of amides is 1. The van der Waals surface area contributed by atoms with Crippen molar-refractivity contribution in [3.05, 3.63) is 82.2 Å². The van der Waals surface area contributed by atoms with E-state index in [1.807, 2.05) is 6.07 Å². The summed E-state index contributed by atoms with van der Waals surface area (Å²) in [4.78, 5) is 25.4. The third-order valence-corrected chi connectivity index (χ3v) is 3.88. The number of ether oxygens (including phenoxy) is 1. The smallest absolute Gasteiger partial charge is 0.268 e. The number of benzene rings is 1. The fourth-order valence-corrected chi connectivity index (χ4v) is 2.59. The van der Waals surface area contributed by atoms with E-state index in [-0.39, 0.29) is 12.1 Å². The van der Waals surface area contributed by atoms with E-state index < -0.39 is 11.5 Å². The Labute approximate surface area is 144 Å². The average molecular weight is 338 g/mol. The lowest BCUT2D eigenvalue weighted by atomic mass is 10.1. The van der Waals surface area contributed by atoms with Crippen LogP contribution in [-0.4, -0.2) is 17.6 Å². The molecule has 1 amide bonds. The van der Waals surface area contributed by atoms with Crippen molar-refractivity contribution in [2.24, 2.45) is 0 Å². The van der Waals surface area contributed by atoms with E-state index in [4.69, 9.17) is 9.15 Å². The standard InChI is InChI=1S/C19H18N2O4/c1-13-9-10-21(15-7-3-4-8-16(15)24-2)19(23)17(13)18(22)20-12-14-6-5-11-25-14/h3-11H,12H2,1-2H3,(H,20,22). The summed E-state index contributed by atoms with van der Waals surface area (Å²) in [5, 5.41) is 2.71. The maximum absolute atomic E-state index is 12.9. The predicted octanol–water partition coefficient (Wildman–Crippen LogP) is 2.68. The van der Waals surface area contributed by atoms with Crippen molar-refractivity contribution < 1.29 is 13.9 Å². The van der Waals surface area contributed by atoms with Crippen LogP contribution in [0.3, 0.4) is 0 Å². The topological polar surface area (TPSA) is 73.5 Å². The van der Waals surface area contributed by atoms with Crippen LogP contribution in [0.2, 0.25) is 0 Å². The van der Waals surface area contributed by atoms with Crippen molar-refractivity contribution in [2.75, 3.05) is 7.11 Å². The Hall–Kier alpha value is -3.28. The van der Waals surface area contributed by atoms with Gasteiger partial charge in [0.25, 0.3) is 11.5 Å². The van der Waals surface area contributed by atoms with E-state index in [0.29, 0.717) is 22.8 Å². The fraction of sp³-hybridized carbons (Fsp3) is 0.158. The molecule has 128 valence electrons. The number of hydrogen-bond donors (Lipinski definition) is 1. The van der Waals surface area contributed by atoms with Gasteiger partial charge in [0.05, 0.1) is 25.6 Å². The van der Waals surface area contributed by atoms with Gasteiger partial charge in [-0.15, -0.1) is 0 Å². The molecule has 25 heavy (non-hydrogen) atoms. The van der Waals surface area contributed by atoms with Crippen molar-refractivity contribution in [3.63, 3.8) is 0 Å². The summed E-state index contributed by atoms with van der Waals surface area (Å²) in [6.45, 7) is 1.95. The molecule has 6 nitrogen and oxygen atoms in total. The monoisotopic (exact) mass is 338 g/mol. The van der Waals surface area contributed by atoms with Gasteiger partial charge in [0.1, 0.15) is 17.1 Å². The van der Waals surface area contributed by atoms with Crippen LogP contribution in [0.4, 0.5) is 0 Å². The predicted molar refractivity (Wildman–Crippen MR) is 93.2 cm³/mol. The van der Waals surface area contributed by atoms with Crippen molar-refractivity contribution in [1.82, 2.24) is 9.88 Å². The molecule has 0 spiro atoms. The molecule has 1 aromatic carbocycles. The van der Waals surface area contributed by atoms with Crippen molar-refractivity contribution >= 4 is 5.91 Å². The van der Waals surface area contributed by atoms with Crippen LogP contribution in [-0.2, 0) is 6.54 Å². The zero-order valence-corrected chi connectivity index (χ0v) is 14.0. The second-order valence-electron chi connectivity index (χ2n) is 5.48. The molecule has 0 unspecified atom stereocenters. The molecule has 2 heterocycles. The van der Waals surface area contributed by atoms with Gasteiger partial charge in [-0.3, -0.25) is 14.2 Å². The van der Waals surface area contributed by atoms with Crippen molar-refractivity contribution in [2.45, 2.75) is 13.5 Å². The number of furan rings is 1. The molecule has 2 aromatic heterocycles. The quantitative estimate of drug-likeness (QED) is 0.776. The molecule has 0 fully saturated rings. The summed E-state index contributed by atoms with van der Waals surface area (Å²) in [7, 11) is 1.54. The number of nitrogens with zero attached hydrogens (tertiary/aromatic N) is 1. The highest BCUT2D eigenvalue weighted by molar-refractivity contribution is 5.95. The molecule has 6 heteroatoms. The number of aryl methyl sites for hydroxylation is 1. The number of pyridine rings is 1. The maximum Gasteiger partial charge on any atom is 0.268 e. The van der Waals surface area contributed by atoms with Crippen LogP contribution in [0.25, 0.3) is 5.69 Å². The first kappa shape index (κ1) is 16.6. The maximum atomic E-state index is 12.9. The second kappa shape index (κ2) is 7.09. The highest BCUT2D eigenvalue weighted by atomic mass is 16.5. The van der Waals surface area contributed by atoms with E-state index in [0.717, 1.165) is 0 Å². The van der Waals surface area contributed by atoms with Gasteiger partial charge in [-0.1, -0.05) is 12.1 Å². The Morgan fingerprint density at radius 3 is 2.72 bits per heavy atom. The first-order valence-corrected chi connectivity index (χ1v) is 7.78. The van der Waals surface area contributed by atoms with Crippen molar-refractivity contribution in [3.8, 4) is 11.4 Å². The summed E-state index contributed by atoms with van der Waals surface area (Å²) in [6.07, 6.45) is 3.17. The molecular weight excluding hydrogens is 320 g/mol. The van der Waals surface area contributed by atoms with Gasteiger partial charge in [-0.25, -0.2) is 0 Å². The van der Waals surface area contributed by atoms with Crippen LogP contribution < -0.4 is 15.6 Å². The lowest BCUT2D eigenvalue weighted by Gasteiger charge is -2.13. The van der Waals surface area contributed by atoms with Crippen molar-refractivity contribution in [1.29, 1.82) is 0 Å². The molecule has 0 atom stereocenters. The molecule has 0 bridgehead atoms. The Bertz CT molecular complexity index is 942. The summed E-state index contributed by atoms with van der Waals surface area (Å²) >= 11 is 0. The minimum Gasteiger partial charge on any atom is -0.495 e. The molecule has 3 rings (SSSR count). The summed E-state index contributed by atoms with van der Waals surface area (Å²) in [5.41, 5.74) is 0.879. The third-order valence-electron chi connectivity index (χ3n) is 3.88. The summed E-state index contributed by atoms with van der Waals surface area (Å²) < 4.78 is 11.9. The van der Waals surface area contributed by atoms with Gasteiger partial charge in [0, 0.05) is 6.20 Å². The minimum absolute atomic E-state index is 0.0972. The van der Waals surface area contributed by atoms with Gasteiger partial charge in [-0.05, 0) is 42.8 Å². The molecule has 1 N–H and O–H groups in total. The highest BCUT2D eigenvalue weighted by Gasteiger charge is 2.17. The normalized spacial score (nSPS) is 10.5. The molecule has 0 aliphatic heterocycles. The van der Waals surface area contributed by atoms with Gasteiger partial charge in [-0.2, -0.15) is 0 Å². The SMILES string of the molecule is COc1ccccc1-n1ccc(C)c(C(=O)NCc2ccco2)c1=O. The molecule has 3 aromatic rings. The lowest BCUT2D eigenvalue weighted by Crippen LogP contribution is -2.33. The van der Waals surface area contributed by atoms with E-state index in [1.54, 1.807) is 49.5 Å². The highest BCUT2D eigenvalue weighted by Crippen LogP contribution is 2.21. The third kappa shape index (κ3) is 3.33. The van der Waals surface area contributed by atoms with E-state index >= 15 is 0 Å². The Morgan fingerprint density at radius 1 is 1.20 bits per heavy atom. The zero-order chi connectivity index (χ0) is 17.8. The fourth-order valence-electron chi connectivity index (χ4n) is 2.59. The number of nitrogens with one attached hydrogen (secondary N) is 1. The first-order chi connectivity index (χ1) is 12.1. The number of methoxy groups -OCH3 is 1. The summed E-state index contributed by atoms with van der Waals surface area (Å²) in [6, 6.07) is 12.4. The molecule has 0 aliphatic carbocycles. The number of carbonyl (C=O) groups is 1. The second-order valence-corrected chi connectivity index (χ2v) is 5.48. The van der Waals surface area contributed by atoms with Gasteiger partial charge in [0.15, 0.2) is 0 Å². The van der Waals surface area contributed by atoms with Crippen LogP contribution in [0.15, 0.2) is 64.1 Å². The zero-order valence-electron chi connectivity index (χ0n) is 14.0. The van der Waals surface area contributed by atoms with Crippen LogP contribution in [0, 0.1) is 6.92 Å². The van der Waals surface area contributed by atoms with Crippen LogP contribution in [0.1, 0.15) is 21.7 Å². The van der Waals surface area contributed by atoms with Gasteiger partial charge < -0.3 is 14.5 Å². The molecule has 0 aliphatic rings. The molecule has 0 saturated heterocycles.